The lowest BCUT2D eigenvalue weighted by Crippen LogP contribution is -2.28. The van der Waals surface area contributed by atoms with E-state index in [4.69, 9.17) is 11.6 Å². The van der Waals surface area contributed by atoms with E-state index in [9.17, 15) is 0 Å². The van der Waals surface area contributed by atoms with E-state index in [0.29, 0.717) is 5.92 Å². The van der Waals surface area contributed by atoms with Gasteiger partial charge in [0.2, 0.25) is 0 Å². The number of imidazole rings is 1. The van der Waals surface area contributed by atoms with E-state index in [1.54, 1.807) is 0 Å². The molecule has 1 saturated heterocycles. The molecule has 0 N–H and O–H groups in total. The molecule has 0 radical (unpaired) electrons. The van der Waals surface area contributed by atoms with Crippen LogP contribution in [0.3, 0.4) is 0 Å². The molecule has 21 heavy (non-hydrogen) atoms. The molecule has 0 bridgehead atoms. The van der Waals surface area contributed by atoms with Crippen LogP contribution in [0.5, 0.6) is 0 Å². The average molecular weight is 307 g/mol. The topological polar surface area (TPSA) is 34.0 Å². The van der Waals surface area contributed by atoms with Crippen LogP contribution in [0.4, 0.5) is 0 Å². The Morgan fingerprint density at radius 2 is 2.00 bits per heavy atom. The summed E-state index contributed by atoms with van der Waals surface area (Å²) in [6.07, 6.45) is 4.51. The molecule has 2 unspecified atom stereocenters. The van der Waals surface area contributed by atoms with Gasteiger partial charge in [-0.15, -0.1) is 11.6 Å². The SMILES string of the molecule is CC(CN1CCCC1)Cn1c(C(C)Cl)nc2cccnc21. The van der Waals surface area contributed by atoms with Crippen LogP contribution in [-0.2, 0) is 6.54 Å². The highest BCUT2D eigenvalue weighted by molar-refractivity contribution is 6.20. The highest BCUT2D eigenvalue weighted by Gasteiger charge is 2.19. The van der Waals surface area contributed by atoms with Crippen LogP contribution in [0, 0.1) is 5.92 Å². The van der Waals surface area contributed by atoms with Gasteiger partial charge in [-0.3, -0.25) is 0 Å². The first-order valence-corrected chi connectivity index (χ1v) is 8.26. The Labute approximate surface area is 131 Å². The summed E-state index contributed by atoms with van der Waals surface area (Å²) in [6.45, 7) is 8.83. The summed E-state index contributed by atoms with van der Waals surface area (Å²) in [5.41, 5.74) is 1.89. The molecule has 0 aromatic carbocycles. The molecule has 1 aliphatic heterocycles. The monoisotopic (exact) mass is 306 g/mol. The number of halogens is 1. The van der Waals surface area contributed by atoms with Gasteiger partial charge >= 0.3 is 0 Å². The lowest BCUT2D eigenvalue weighted by atomic mass is 10.1. The second kappa shape index (κ2) is 6.32. The van der Waals surface area contributed by atoms with Crippen LogP contribution >= 0.6 is 11.6 Å². The van der Waals surface area contributed by atoms with Crippen molar-refractivity contribution in [3.05, 3.63) is 24.2 Å². The van der Waals surface area contributed by atoms with Crippen LogP contribution < -0.4 is 0 Å². The summed E-state index contributed by atoms with van der Waals surface area (Å²) in [5.74, 6) is 1.50. The Bertz CT molecular complexity index is 601. The van der Waals surface area contributed by atoms with Crippen molar-refractivity contribution < 1.29 is 0 Å². The van der Waals surface area contributed by atoms with Gasteiger partial charge in [-0.25, -0.2) is 9.97 Å². The summed E-state index contributed by atoms with van der Waals surface area (Å²) in [4.78, 5) is 11.7. The highest BCUT2D eigenvalue weighted by Crippen LogP contribution is 2.24. The van der Waals surface area contributed by atoms with Crippen molar-refractivity contribution in [3.63, 3.8) is 0 Å². The number of fused-ring (bicyclic) bond motifs is 1. The number of aromatic nitrogens is 3. The Morgan fingerprint density at radius 1 is 1.24 bits per heavy atom. The molecule has 4 nitrogen and oxygen atoms in total. The molecular formula is C16H23ClN4. The normalized spacial score (nSPS) is 19.2. The Kier molecular flexibility index (Phi) is 4.45. The predicted octanol–water partition coefficient (Wildman–Crippen LogP) is 3.46. The maximum Gasteiger partial charge on any atom is 0.160 e. The molecule has 1 aliphatic rings. The summed E-state index contributed by atoms with van der Waals surface area (Å²) in [5, 5.41) is -0.0989. The van der Waals surface area contributed by atoms with Crippen molar-refractivity contribution in [2.24, 2.45) is 5.92 Å². The summed E-state index contributed by atoms with van der Waals surface area (Å²) in [7, 11) is 0. The molecule has 0 aliphatic carbocycles. The van der Waals surface area contributed by atoms with Gasteiger partial charge in [0.25, 0.3) is 0 Å². The van der Waals surface area contributed by atoms with Crippen molar-refractivity contribution in [1.29, 1.82) is 0 Å². The Morgan fingerprint density at radius 3 is 2.71 bits per heavy atom. The van der Waals surface area contributed by atoms with Crippen LogP contribution in [0.15, 0.2) is 18.3 Å². The molecule has 1 fully saturated rings. The Hall–Kier alpha value is -1.13. The third kappa shape index (κ3) is 3.22. The van der Waals surface area contributed by atoms with Gasteiger partial charge in [0.15, 0.2) is 5.65 Å². The molecular weight excluding hydrogens is 284 g/mol. The van der Waals surface area contributed by atoms with Crippen molar-refractivity contribution in [1.82, 2.24) is 19.4 Å². The van der Waals surface area contributed by atoms with Crippen LogP contribution in [0.2, 0.25) is 0 Å². The number of alkyl halides is 1. The molecule has 0 amide bonds. The lowest BCUT2D eigenvalue weighted by molar-refractivity contribution is 0.271. The van der Waals surface area contributed by atoms with Crippen molar-refractivity contribution >= 4 is 22.8 Å². The molecule has 2 aromatic rings. The van der Waals surface area contributed by atoms with Gasteiger partial charge in [0, 0.05) is 19.3 Å². The van der Waals surface area contributed by atoms with E-state index in [1.807, 2.05) is 25.3 Å². The second-order valence-electron chi connectivity index (χ2n) is 6.16. The summed E-state index contributed by atoms with van der Waals surface area (Å²) in [6, 6.07) is 3.93. The van der Waals surface area contributed by atoms with Gasteiger partial charge in [-0.05, 0) is 50.9 Å². The van der Waals surface area contributed by atoms with Crippen LogP contribution in [0.25, 0.3) is 11.2 Å². The first-order valence-electron chi connectivity index (χ1n) is 7.82. The molecule has 3 rings (SSSR count). The van der Waals surface area contributed by atoms with E-state index in [1.165, 1.54) is 25.9 Å². The minimum Gasteiger partial charge on any atom is -0.311 e. The van der Waals surface area contributed by atoms with Crippen LogP contribution in [0.1, 0.15) is 37.9 Å². The number of likely N-dealkylation sites (tertiary alicyclic amines) is 1. The molecule has 2 atom stereocenters. The zero-order valence-corrected chi connectivity index (χ0v) is 13.6. The predicted molar refractivity (Wildman–Crippen MR) is 86.6 cm³/mol. The second-order valence-corrected chi connectivity index (χ2v) is 6.81. The van der Waals surface area contributed by atoms with Crippen LogP contribution in [-0.4, -0.2) is 39.1 Å². The summed E-state index contributed by atoms with van der Waals surface area (Å²) < 4.78 is 2.20. The Balaban J connectivity index is 1.82. The zero-order chi connectivity index (χ0) is 14.8. The fourth-order valence-electron chi connectivity index (χ4n) is 3.24. The fourth-order valence-corrected chi connectivity index (χ4v) is 3.40. The number of hydrogen-bond donors (Lipinski definition) is 0. The molecule has 2 aromatic heterocycles. The van der Waals surface area contributed by atoms with Gasteiger partial charge in [-0.1, -0.05) is 6.92 Å². The van der Waals surface area contributed by atoms with Gasteiger partial charge in [0.05, 0.1) is 5.38 Å². The standard InChI is InChI=1S/C16H23ClN4/c1-12(10-20-8-3-4-9-20)11-21-15(13(2)17)19-14-6-5-7-18-16(14)21/h5-7,12-13H,3-4,8-11H2,1-2H3. The van der Waals surface area contributed by atoms with E-state index in [-0.39, 0.29) is 5.38 Å². The van der Waals surface area contributed by atoms with Gasteiger partial charge < -0.3 is 9.47 Å². The number of rotatable bonds is 5. The van der Waals surface area contributed by atoms with Gasteiger partial charge in [-0.2, -0.15) is 0 Å². The minimum atomic E-state index is -0.0989. The fraction of sp³-hybridized carbons (Fsp3) is 0.625. The quantitative estimate of drug-likeness (QED) is 0.793. The molecule has 114 valence electrons. The van der Waals surface area contributed by atoms with E-state index >= 15 is 0 Å². The minimum absolute atomic E-state index is 0.0989. The smallest absolute Gasteiger partial charge is 0.160 e. The molecule has 3 heterocycles. The zero-order valence-electron chi connectivity index (χ0n) is 12.8. The summed E-state index contributed by atoms with van der Waals surface area (Å²) >= 11 is 6.31. The van der Waals surface area contributed by atoms with Crippen molar-refractivity contribution in [3.8, 4) is 0 Å². The van der Waals surface area contributed by atoms with E-state index in [0.717, 1.165) is 30.1 Å². The first-order chi connectivity index (χ1) is 10.1. The molecule has 0 saturated carbocycles. The molecule has 0 spiro atoms. The number of nitrogens with zero attached hydrogens (tertiary/aromatic N) is 4. The number of pyridine rings is 1. The molecule has 5 heteroatoms. The van der Waals surface area contributed by atoms with Crippen molar-refractivity contribution in [2.75, 3.05) is 19.6 Å². The highest BCUT2D eigenvalue weighted by atomic mass is 35.5. The van der Waals surface area contributed by atoms with Gasteiger partial charge in [0.1, 0.15) is 11.3 Å². The first kappa shape index (κ1) is 14.8. The largest absolute Gasteiger partial charge is 0.311 e. The van der Waals surface area contributed by atoms with Crippen molar-refractivity contribution in [2.45, 2.75) is 38.6 Å². The average Bonchev–Trinajstić information content (AvgIpc) is 3.07. The maximum absolute atomic E-state index is 6.31. The lowest BCUT2D eigenvalue weighted by Gasteiger charge is -2.21. The van der Waals surface area contributed by atoms with E-state index in [2.05, 4.69) is 26.4 Å². The third-order valence-electron chi connectivity index (χ3n) is 4.15. The third-order valence-corrected chi connectivity index (χ3v) is 4.35. The van der Waals surface area contributed by atoms with E-state index < -0.39 is 0 Å². The number of hydrogen-bond acceptors (Lipinski definition) is 3. The maximum atomic E-state index is 6.31.